The average Bonchev–Trinajstić information content (AvgIpc) is 3.12. The molecule has 0 aliphatic carbocycles. The predicted molar refractivity (Wildman–Crippen MR) is 98.9 cm³/mol. The summed E-state index contributed by atoms with van der Waals surface area (Å²) >= 11 is 0. The van der Waals surface area contributed by atoms with Gasteiger partial charge < -0.3 is 19.7 Å². The van der Waals surface area contributed by atoms with Crippen LogP contribution in [0.15, 0.2) is 42.6 Å². The van der Waals surface area contributed by atoms with E-state index in [0.29, 0.717) is 25.2 Å². The highest BCUT2D eigenvalue weighted by atomic mass is 19.1. The Labute approximate surface area is 161 Å². The first-order valence-corrected chi connectivity index (χ1v) is 9.20. The number of benzene rings is 1. The Morgan fingerprint density at radius 3 is 2.61 bits per heavy atom. The molecule has 0 radical (unpaired) electrons. The molecule has 1 aromatic carbocycles. The highest BCUT2D eigenvalue weighted by Crippen LogP contribution is 2.20. The molecule has 2 atom stereocenters. The molecule has 0 spiro atoms. The van der Waals surface area contributed by atoms with E-state index in [1.54, 1.807) is 51.9 Å². The smallest absolute Gasteiger partial charge is 0.270 e. The van der Waals surface area contributed by atoms with Crippen molar-refractivity contribution in [3.05, 3.63) is 59.7 Å². The number of rotatable bonds is 3. The van der Waals surface area contributed by atoms with Gasteiger partial charge in [-0.15, -0.1) is 0 Å². The lowest BCUT2D eigenvalue weighted by Crippen LogP contribution is -2.70. The summed E-state index contributed by atoms with van der Waals surface area (Å²) in [5, 5.41) is 2.77. The second-order valence-corrected chi connectivity index (χ2v) is 7.19. The van der Waals surface area contributed by atoms with Crippen molar-refractivity contribution in [3.63, 3.8) is 0 Å². The highest BCUT2D eigenvalue weighted by molar-refractivity contribution is 5.99. The summed E-state index contributed by atoms with van der Waals surface area (Å²) in [5.74, 6) is -0.932. The monoisotopic (exact) mass is 384 g/mol. The molecular formula is C20H21FN4O3. The fourth-order valence-corrected chi connectivity index (χ4v) is 3.83. The van der Waals surface area contributed by atoms with E-state index in [9.17, 15) is 18.8 Å². The van der Waals surface area contributed by atoms with Crippen molar-refractivity contribution in [3.8, 4) is 0 Å². The Morgan fingerprint density at radius 1 is 1.18 bits per heavy atom. The summed E-state index contributed by atoms with van der Waals surface area (Å²) in [6.45, 7) is 0.862. The van der Waals surface area contributed by atoms with Crippen molar-refractivity contribution in [1.82, 2.24) is 19.7 Å². The third-order valence-electron chi connectivity index (χ3n) is 5.38. The zero-order chi connectivity index (χ0) is 19.8. The normalized spacial score (nSPS) is 22.1. The van der Waals surface area contributed by atoms with E-state index in [-0.39, 0.29) is 30.1 Å². The Kier molecular flexibility index (Phi) is 4.62. The largest absolute Gasteiger partial charge is 0.347 e. The molecule has 1 aromatic heterocycles. The van der Waals surface area contributed by atoms with Crippen LogP contribution in [0.2, 0.25) is 0 Å². The second kappa shape index (κ2) is 7.10. The molecule has 7 nitrogen and oxygen atoms in total. The number of aromatic nitrogens is 1. The Hall–Kier alpha value is -3.16. The first-order valence-electron chi connectivity index (χ1n) is 9.20. The number of carbonyl (C=O) groups excluding carboxylic acids is 3. The molecule has 28 heavy (non-hydrogen) atoms. The number of nitrogens with zero attached hydrogens (tertiary/aromatic N) is 3. The number of aryl methyl sites for hydroxylation is 1. The summed E-state index contributed by atoms with van der Waals surface area (Å²) in [5.41, 5.74) is 1.32. The van der Waals surface area contributed by atoms with Crippen molar-refractivity contribution in [2.75, 3.05) is 19.6 Å². The van der Waals surface area contributed by atoms with Gasteiger partial charge in [-0.05, 0) is 29.8 Å². The summed E-state index contributed by atoms with van der Waals surface area (Å²) < 4.78 is 14.8. The van der Waals surface area contributed by atoms with E-state index in [4.69, 9.17) is 0 Å². The van der Waals surface area contributed by atoms with Crippen molar-refractivity contribution >= 4 is 17.7 Å². The Bertz CT molecular complexity index is 924. The topological polar surface area (TPSA) is 74.7 Å². The molecule has 2 aromatic rings. The van der Waals surface area contributed by atoms with Crippen molar-refractivity contribution < 1.29 is 18.8 Å². The summed E-state index contributed by atoms with van der Waals surface area (Å²) in [6, 6.07) is 8.05. The van der Waals surface area contributed by atoms with Gasteiger partial charge in [0, 0.05) is 32.8 Å². The molecule has 4 rings (SSSR count). The van der Waals surface area contributed by atoms with Crippen LogP contribution in [0.25, 0.3) is 0 Å². The molecule has 146 valence electrons. The lowest BCUT2D eigenvalue weighted by Gasteiger charge is -2.45. The number of carbonyl (C=O) groups is 3. The fraction of sp³-hybridized carbons (Fsp3) is 0.350. The highest BCUT2D eigenvalue weighted by Gasteiger charge is 2.44. The number of halogens is 1. The molecule has 0 bridgehead atoms. The maximum Gasteiger partial charge on any atom is 0.270 e. The van der Waals surface area contributed by atoms with E-state index in [1.807, 2.05) is 0 Å². The van der Waals surface area contributed by atoms with Gasteiger partial charge in [-0.2, -0.15) is 0 Å². The van der Waals surface area contributed by atoms with E-state index >= 15 is 0 Å². The average molecular weight is 384 g/mol. The van der Waals surface area contributed by atoms with Crippen LogP contribution in [0.3, 0.4) is 0 Å². The third-order valence-corrected chi connectivity index (χ3v) is 5.38. The minimum atomic E-state index is -0.685. The van der Waals surface area contributed by atoms with Gasteiger partial charge in [0.1, 0.15) is 23.6 Å². The molecule has 2 aliphatic rings. The maximum atomic E-state index is 13.1. The second-order valence-electron chi connectivity index (χ2n) is 7.19. The van der Waals surface area contributed by atoms with Gasteiger partial charge in [0.25, 0.3) is 5.91 Å². The molecule has 3 heterocycles. The Balaban J connectivity index is 1.46. The molecule has 2 aliphatic heterocycles. The fourth-order valence-electron chi connectivity index (χ4n) is 3.83. The zero-order valence-corrected chi connectivity index (χ0v) is 15.5. The number of nitrogens with one attached hydrogen (secondary N) is 1. The number of hydrogen-bond acceptors (Lipinski definition) is 3. The summed E-state index contributed by atoms with van der Waals surface area (Å²) in [4.78, 5) is 41.4. The first kappa shape index (κ1) is 18.2. The van der Waals surface area contributed by atoms with E-state index in [0.717, 1.165) is 5.56 Å². The standard InChI is InChI=1S/C20H21FN4O3/c1-23-8-2-3-16(23)20(28)24-9-10-25-17(12-24)18(26)22-15(19(25)27)11-13-4-6-14(21)7-5-13/h2-8,15,17H,9-12H2,1H3,(H,22,26). The lowest BCUT2D eigenvalue weighted by molar-refractivity contribution is -0.152. The van der Waals surface area contributed by atoms with Crippen LogP contribution in [0.5, 0.6) is 0 Å². The molecule has 1 N–H and O–H groups in total. The molecule has 2 saturated heterocycles. The number of fused-ring (bicyclic) bond motifs is 1. The van der Waals surface area contributed by atoms with Crippen LogP contribution >= 0.6 is 0 Å². The van der Waals surface area contributed by atoms with Gasteiger partial charge >= 0.3 is 0 Å². The van der Waals surface area contributed by atoms with Crippen LogP contribution < -0.4 is 5.32 Å². The van der Waals surface area contributed by atoms with Crippen LogP contribution in [0.4, 0.5) is 4.39 Å². The van der Waals surface area contributed by atoms with E-state index in [2.05, 4.69) is 5.32 Å². The molecule has 8 heteroatoms. The summed E-state index contributed by atoms with van der Waals surface area (Å²) in [7, 11) is 1.79. The molecule has 2 fully saturated rings. The van der Waals surface area contributed by atoms with Crippen LogP contribution in [0.1, 0.15) is 16.1 Å². The van der Waals surface area contributed by atoms with Crippen LogP contribution in [-0.2, 0) is 23.1 Å². The SMILES string of the molecule is Cn1cccc1C(=O)N1CCN2C(=O)C(Cc3ccc(F)cc3)NC(=O)C2C1. The van der Waals surface area contributed by atoms with Gasteiger partial charge in [-0.3, -0.25) is 14.4 Å². The van der Waals surface area contributed by atoms with Crippen molar-refractivity contribution in [2.24, 2.45) is 7.05 Å². The van der Waals surface area contributed by atoms with E-state index in [1.165, 1.54) is 12.1 Å². The van der Waals surface area contributed by atoms with Gasteiger partial charge in [-0.25, -0.2) is 4.39 Å². The van der Waals surface area contributed by atoms with Gasteiger partial charge in [0.2, 0.25) is 11.8 Å². The maximum absolute atomic E-state index is 13.1. The minimum Gasteiger partial charge on any atom is -0.347 e. The quantitative estimate of drug-likeness (QED) is 0.840. The van der Waals surface area contributed by atoms with Crippen LogP contribution in [0, 0.1) is 5.82 Å². The first-order chi connectivity index (χ1) is 13.4. The zero-order valence-electron chi connectivity index (χ0n) is 15.5. The van der Waals surface area contributed by atoms with Gasteiger partial charge in [0.15, 0.2) is 0 Å². The number of hydrogen-bond donors (Lipinski definition) is 1. The van der Waals surface area contributed by atoms with E-state index < -0.39 is 12.1 Å². The number of amides is 3. The summed E-state index contributed by atoms with van der Waals surface area (Å²) in [6.07, 6.45) is 2.10. The molecule has 3 amide bonds. The molecule has 2 unspecified atom stereocenters. The van der Waals surface area contributed by atoms with Gasteiger partial charge in [-0.1, -0.05) is 12.1 Å². The lowest BCUT2D eigenvalue weighted by atomic mass is 9.98. The van der Waals surface area contributed by atoms with Crippen LogP contribution in [-0.4, -0.2) is 63.8 Å². The van der Waals surface area contributed by atoms with Crippen molar-refractivity contribution in [2.45, 2.75) is 18.5 Å². The minimum absolute atomic E-state index is 0.152. The molecule has 0 saturated carbocycles. The third kappa shape index (κ3) is 3.26. The molecular weight excluding hydrogens is 363 g/mol. The number of piperazine rings is 2. The van der Waals surface area contributed by atoms with Gasteiger partial charge in [0.05, 0.1) is 6.54 Å². The Morgan fingerprint density at radius 2 is 1.93 bits per heavy atom. The predicted octanol–water partition coefficient (Wildman–Crippen LogP) is 0.558. The van der Waals surface area contributed by atoms with Crippen molar-refractivity contribution in [1.29, 1.82) is 0 Å².